The molecule has 3 aromatic rings. The van der Waals surface area contributed by atoms with Gasteiger partial charge in [0.05, 0.1) is 10.9 Å². The van der Waals surface area contributed by atoms with E-state index in [4.69, 9.17) is 0 Å². The quantitative estimate of drug-likeness (QED) is 0.581. The van der Waals surface area contributed by atoms with E-state index in [-0.39, 0.29) is 17.2 Å². The van der Waals surface area contributed by atoms with Crippen molar-refractivity contribution in [2.45, 2.75) is 38.1 Å². The minimum atomic E-state index is -3.79. The number of carbonyl (C=O) groups excluding carboxylic acids is 1. The molecule has 0 spiro atoms. The number of hydrogen-bond acceptors (Lipinski definition) is 3. The third-order valence-electron chi connectivity index (χ3n) is 4.73. The fraction of sp³-hybridized carbons (Fsp3) is 0.208. The highest BCUT2D eigenvalue weighted by Gasteiger charge is 2.24. The number of hydrogen-bond donors (Lipinski definition) is 2. The molecule has 2 N–H and O–H groups in total. The fourth-order valence-electron chi connectivity index (χ4n) is 3.33. The van der Waals surface area contributed by atoms with Crippen LogP contribution in [0.25, 0.3) is 0 Å². The van der Waals surface area contributed by atoms with Gasteiger partial charge in [-0.15, -0.1) is 0 Å². The van der Waals surface area contributed by atoms with Gasteiger partial charge in [0.15, 0.2) is 0 Å². The third kappa shape index (κ3) is 5.78. The summed E-state index contributed by atoms with van der Waals surface area (Å²) in [6.45, 7) is 5.82. The molecule has 0 saturated carbocycles. The zero-order valence-electron chi connectivity index (χ0n) is 17.3. The van der Waals surface area contributed by atoms with Crippen LogP contribution >= 0.6 is 0 Å². The molecule has 156 valence electrons. The summed E-state index contributed by atoms with van der Waals surface area (Å²) in [5, 5.41) is 2.88. The molecule has 3 aromatic carbocycles. The smallest absolute Gasteiger partial charge is 0.241 e. The maximum absolute atomic E-state index is 12.9. The summed E-state index contributed by atoms with van der Waals surface area (Å²) in [6.07, 6.45) is -0.0257. The lowest BCUT2D eigenvalue weighted by Gasteiger charge is -2.19. The minimum absolute atomic E-state index is 0.0257. The summed E-state index contributed by atoms with van der Waals surface area (Å²) in [6, 6.07) is 20.9. The second-order valence-electron chi connectivity index (χ2n) is 7.53. The molecule has 0 unspecified atom stereocenters. The van der Waals surface area contributed by atoms with Gasteiger partial charge in [0, 0.05) is 12.1 Å². The van der Waals surface area contributed by atoms with E-state index in [2.05, 4.69) is 10.0 Å². The van der Waals surface area contributed by atoms with Crippen molar-refractivity contribution in [2.24, 2.45) is 0 Å². The molecular weight excluding hydrogens is 396 g/mol. The van der Waals surface area contributed by atoms with Gasteiger partial charge in [0.1, 0.15) is 0 Å². The van der Waals surface area contributed by atoms with Gasteiger partial charge >= 0.3 is 0 Å². The van der Waals surface area contributed by atoms with Crippen LogP contribution in [0.3, 0.4) is 0 Å². The second kappa shape index (κ2) is 9.24. The molecule has 6 heteroatoms. The van der Waals surface area contributed by atoms with E-state index in [0.717, 1.165) is 22.3 Å². The predicted molar refractivity (Wildman–Crippen MR) is 120 cm³/mol. The molecule has 5 nitrogen and oxygen atoms in total. The molecule has 1 amide bonds. The monoisotopic (exact) mass is 422 g/mol. The Morgan fingerprint density at radius 2 is 1.43 bits per heavy atom. The Morgan fingerprint density at radius 3 is 2.03 bits per heavy atom. The maximum atomic E-state index is 12.9. The highest BCUT2D eigenvalue weighted by Crippen LogP contribution is 2.22. The van der Waals surface area contributed by atoms with Crippen LogP contribution in [0.1, 0.15) is 34.7 Å². The SMILES string of the molecule is Cc1ccc(S(=O)(=O)N[C@@H](CC(=O)Nc2cc(C)cc(C)c2)c2ccccc2)cc1. The number of nitrogens with one attached hydrogen (secondary N) is 2. The van der Waals surface area contributed by atoms with Crippen molar-refractivity contribution in [3.8, 4) is 0 Å². The molecular formula is C24H26N2O3S. The van der Waals surface area contributed by atoms with Crippen LogP contribution in [-0.2, 0) is 14.8 Å². The molecule has 0 heterocycles. The van der Waals surface area contributed by atoms with Gasteiger partial charge < -0.3 is 5.32 Å². The summed E-state index contributed by atoms with van der Waals surface area (Å²) in [5.74, 6) is -0.263. The summed E-state index contributed by atoms with van der Waals surface area (Å²) in [5.41, 5.74) is 4.49. The zero-order valence-corrected chi connectivity index (χ0v) is 18.2. The first-order valence-corrected chi connectivity index (χ1v) is 11.2. The van der Waals surface area contributed by atoms with Gasteiger partial charge in [-0.05, 0) is 61.7 Å². The summed E-state index contributed by atoms with van der Waals surface area (Å²) >= 11 is 0. The number of sulfonamides is 1. The topological polar surface area (TPSA) is 75.3 Å². The third-order valence-corrected chi connectivity index (χ3v) is 6.21. The van der Waals surface area contributed by atoms with Gasteiger partial charge in [-0.1, -0.05) is 54.1 Å². The normalized spacial score (nSPS) is 12.4. The molecule has 0 bridgehead atoms. The van der Waals surface area contributed by atoms with Crippen LogP contribution in [0.2, 0.25) is 0 Å². The van der Waals surface area contributed by atoms with Gasteiger partial charge in [-0.3, -0.25) is 4.79 Å². The van der Waals surface area contributed by atoms with Crippen molar-refractivity contribution >= 4 is 21.6 Å². The maximum Gasteiger partial charge on any atom is 0.241 e. The first-order chi connectivity index (χ1) is 14.2. The molecule has 0 aliphatic heterocycles. The number of amides is 1. The van der Waals surface area contributed by atoms with E-state index in [0.29, 0.717) is 5.69 Å². The van der Waals surface area contributed by atoms with Crippen LogP contribution in [0.15, 0.2) is 77.7 Å². The zero-order chi connectivity index (χ0) is 21.7. The average Bonchev–Trinajstić information content (AvgIpc) is 2.67. The molecule has 0 radical (unpaired) electrons. The number of aryl methyl sites for hydroxylation is 3. The first kappa shape index (κ1) is 21.7. The molecule has 3 rings (SSSR count). The van der Waals surface area contributed by atoms with E-state index in [9.17, 15) is 13.2 Å². The van der Waals surface area contributed by atoms with E-state index in [1.54, 1.807) is 24.3 Å². The van der Waals surface area contributed by atoms with E-state index < -0.39 is 16.1 Å². The Bertz CT molecular complexity index is 1100. The minimum Gasteiger partial charge on any atom is -0.326 e. The largest absolute Gasteiger partial charge is 0.326 e. The number of anilines is 1. The average molecular weight is 423 g/mol. The lowest BCUT2D eigenvalue weighted by Crippen LogP contribution is -2.31. The number of rotatable bonds is 7. The van der Waals surface area contributed by atoms with Crippen LogP contribution < -0.4 is 10.0 Å². The van der Waals surface area contributed by atoms with Crippen molar-refractivity contribution in [1.29, 1.82) is 0 Å². The molecule has 30 heavy (non-hydrogen) atoms. The van der Waals surface area contributed by atoms with Crippen molar-refractivity contribution in [3.63, 3.8) is 0 Å². The van der Waals surface area contributed by atoms with Crippen molar-refractivity contribution in [2.75, 3.05) is 5.32 Å². The summed E-state index contributed by atoms with van der Waals surface area (Å²) in [4.78, 5) is 12.9. The summed E-state index contributed by atoms with van der Waals surface area (Å²) in [7, 11) is -3.79. The predicted octanol–water partition coefficient (Wildman–Crippen LogP) is 4.66. The molecule has 0 fully saturated rings. The van der Waals surface area contributed by atoms with E-state index >= 15 is 0 Å². The van der Waals surface area contributed by atoms with Crippen LogP contribution in [0, 0.1) is 20.8 Å². The number of carbonyl (C=O) groups is 1. The molecule has 1 atom stereocenters. The Hall–Kier alpha value is -2.96. The highest BCUT2D eigenvalue weighted by atomic mass is 32.2. The fourth-order valence-corrected chi connectivity index (χ4v) is 4.55. The van der Waals surface area contributed by atoms with Gasteiger partial charge in [0.2, 0.25) is 15.9 Å². The van der Waals surface area contributed by atoms with E-state index in [1.165, 1.54) is 0 Å². The molecule has 0 aliphatic rings. The summed E-state index contributed by atoms with van der Waals surface area (Å²) < 4.78 is 28.5. The Balaban J connectivity index is 1.82. The van der Waals surface area contributed by atoms with Crippen molar-refractivity contribution < 1.29 is 13.2 Å². The van der Waals surface area contributed by atoms with Gasteiger partial charge in [-0.2, -0.15) is 0 Å². The van der Waals surface area contributed by atoms with Crippen LogP contribution in [0.4, 0.5) is 5.69 Å². The highest BCUT2D eigenvalue weighted by molar-refractivity contribution is 7.89. The number of benzene rings is 3. The molecule has 0 aromatic heterocycles. The first-order valence-electron chi connectivity index (χ1n) is 9.75. The van der Waals surface area contributed by atoms with Crippen LogP contribution in [0.5, 0.6) is 0 Å². The van der Waals surface area contributed by atoms with Gasteiger partial charge in [-0.25, -0.2) is 13.1 Å². The van der Waals surface area contributed by atoms with Gasteiger partial charge in [0.25, 0.3) is 0 Å². The van der Waals surface area contributed by atoms with Crippen molar-refractivity contribution in [1.82, 2.24) is 4.72 Å². The molecule has 0 aliphatic carbocycles. The standard InChI is InChI=1S/C24H26N2O3S/c1-17-9-11-22(12-10-17)30(28,29)26-23(20-7-5-4-6-8-20)16-24(27)25-21-14-18(2)13-19(3)15-21/h4-15,23,26H,16H2,1-3H3,(H,25,27)/t23-/m0/s1. The Labute approximate surface area is 178 Å². The molecule has 0 saturated heterocycles. The van der Waals surface area contributed by atoms with E-state index in [1.807, 2.05) is 69.3 Å². The Morgan fingerprint density at radius 1 is 0.833 bits per heavy atom. The second-order valence-corrected chi connectivity index (χ2v) is 9.24. The Kier molecular flexibility index (Phi) is 6.70. The van der Waals surface area contributed by atoms with Crippen LogP contribution in [-0.4, -0.2) is 14.3 Å². The van der Waals surface area contributed by atoms with Crippen molar-refractivity contribution in [3.05, 3.63) is 95.1 Å². The lowest BCUT2D eigenvalue weighted by molar-refractivity contribution is -0.116. The lowest BCUT2D eigenvalue weighted by atomic mass is 10.0.